The minimum absolute atomic E-state index is 0.130. The maximum atomic E-state index is 14.7. The first-order chi connectivity index (χ1) is 40.1. The normalized spacial score (nSPS) is 37.7. The molecule has 5 aliphatic rings. The highest BCUT2D eigenvalue weighted by molar-refractivity contribution is 7.99. The highest BCUT2D eigenvalue weighted by Gasteiger charge is 2.60. The van der Waals surface area contributed by atoms with Gasteiger partial charge in [-0.25, -0.2) is 9.78 Å². The number of nitrogens with one attached hydrogen (secondary N) is 1. The Kier molecular flexibility index (Phi) is 25.3. The number of alkyl halides is 1. The van der Waals surface area contributed by atoms with Crippen LogP contribution < -0.4 is 5.32 Å². The van der Waals surface area contributed by atoms with Gasteiger partial charge in [0.25, 0.3) is 0 Å². The van der Waals surface area contributed by atoms with Crippen LogP contribution in [0.25, 0.3) is 11.3 Å². The van der Waals surface area contributed by atoms with Crippen LogP contribution in [0.3, 0.4) is 0 Å². The molecule has 0 saturated carbocycles. The van der Waals surface area contributed by atoms with Crippen LogP contribution in [0.15, 0.2) is 37.1 Å². The molecule has 0 spiro atoms. The maximum absolute atomic E-state index is 14.7. The van der Waals surface area contributed by atoms with Gasteiger partial charge in [0.15, 0.2) is 17.7 Å². The summed E-state index contributed by atoms with van der Waals surface area (Å²) >= 11 is 7.55. The number of cyclic esters (lactones) is 1. The van der Waals surface area contributed by atoms with Crippen LogP contribution in [-0.2, 0) is 54.1 Å². The molecule has 22 nitrogen and oxygen atoms in total. The molecule has 7 heterocycles. The molecule has 0 bridgehead atoms. The van der Waals surface area contributed by atoms with E-state index < -0.39 is 125 Å². The largest absolute Gasteiger partial charge is 0.458 e. The monoisotopic (exact) mass is 1240 g/mol. The topological polar surface area (TPSA) is 274 Å². The zero-order chi connectivity index (χ0) is 63.0. The van der Waals surface area contributed by atoms with Gasteiger partial charge in [0.05, 0.1) is 53.3 Å². The second kappa shape index (κ2) is 30.6. The van der Waals surface area contributed by atoms with Crippen LogP contribution >= 0.6 is 23.4 Å². The number of aryl methyl sites for hydroxylation is 1. The summed E-state index contributed by atoms with van der Waals surface area (Å²) in [5, 5.41) is 44.5. The highest BCUT2D eigenvalue weighted by atomic mass is 35.5. The molecule has 24 heteroatoms. The van der Waals surface area contributed by atoms with E-state index in [1.54, 1.807) is 64.5 Å². The Morgan fingerprint density at radius 3 is 2.27 bits per heavy atom. The van der Waals surface area contributed by atoms with Crippen molar-refractivity contribution in [2.75, 3.05) is 47.6 Å². The zero-order valence-electron chi connectivity index (χ0n) is 52.5. The summed E-state index contributed by atoms with van der Waals surface area (Å²) in [6.07, 6.45) is 4.36. The van der Waals surface area contributed by atoms with E-state index in [0.29, 0.717) is 38.3 Å². The van der Waals surface area contributed by atoms with Gasteiger partial charge in [-0.15, -0.1) is 23.4 Å². The van der Waals surface area contributed by atoms with E-state index in [-0.39, 0.29) is 42.7 Å². The molecule has 5 aliphatic heterocycles. The molecule has 22 atom stereocenters. The predicted molar refractivity (Wildman–Crippen MR) is 321 cm³/mol. The number of Topliss-reactive ketones (excluding diaryl/α,β-unsaturated/α-hetero) is 2. The van der Waals surface area contributed by atoms with E-state index in [9.17, 15) is 44.4 Å². The van der Waals surface area contributed by atoms with Gasteiger partial charge in [0.2, 0.25) is 5.91 Å². The number of unbranched alkanes of at least 4 members (excludes halogenated alkanes) is 1. The number of ketones is 2. The van der Waals surface area contributed by atoms with E-state index in [0.717, 1.165) is 37.1 Å². The van der Waals surface area contributed by atoms with Crippen molar-refractivity contribution >= 4 is 52.9 Å². The second-order valence-electron chi connectivity index (χ2n) is 25.1. The minimum atomic E-state index is -1.40. The number of fused-ring (bicyclic) bond motifs is 1. The average molecular weight is 1240 g/mol. The van der Waals surface area contributed by atoms with Crippen LogP contribution in [0.4, 0.5) is 4.79 Å². The number of likely N-dealkylation sites (tertiary alicyclic amines) is 1. The van der Waals surface area contributed by atoms with Gasteiger partial charge in [-0.2, -0.15) is 0 Å². The number of aliphatic hydroxyl groups is 4. The molecule has 2 amide bonds. The van der Waals surface area contributed by atoms with Crippen LogP contribution in [0.1, 0.15) is 121 Å². The molecular formula is C61H98ClN7O15S. The second-order valence-corrected chi connectivity index (χ2v) is 26.7. The molecule has 5 fully saturated rings. The summed E-state index contributed by atoms with van der Waals surface area (Å²) < 4.78 is 39.0. The number of carbonyl (C=O) groups excluding carboxylic acids is 5. The fourth-order valence-corrected chi connectivity index (χ4v) is 14.4. The van der Waals surface area contributed by atoms with Crippen molar-refractivity contribution in [3.8, 4) is 11.3 Å². The number of aromatic nitrogens is 3. The van der Waals surface area contributed by atoms with Gasteiger partial charge in [-0.1, -0.05) is 41.0 Å². The molecule has 0 aliphatic carbocycles. The third-order valence-corrected chi connectivity index (χ3v) is 19.6. The van der Waals surface area contributed by atoms with Crippen molar-refractivity contribution in [1.82, 2.24) is 34.6 Å². The maximum Gasteiger partial charge on any atom is 0.410 e. The number of likely N-dealkylation sites (N-methyl/N-ethyl adjacent to an activating group) is 2. The van der Waals surface area contributed by atoms with Gasteiger partial charge in [0, 0.05) is 74.7 Å². The number of esters is 1. The summed E-state index contributed by atoms with van der Waals surface area (Å²) in [7, 11) is 7.18. The first-order valence-electron chi connectivity index (χ1n) is 30.3. The van der Waals surface area contributed by atoms with Crippen LogP contribution in [0.5, 0.6) is 0 Å². The molecule has 0 unspecified atom stereocenters. The van der Waals surface area contributed by atoms with Gasteiger partial charge < -0.3 is 68.5 Å². The van der Waals surface area contributed by atoms with Gasteiger partial charge >= 0.3 is 12.1 Å². The Bertz CT molecular complexity index is 2520. The smallest absolute Gasteiger partial charge is 0.410 e. The Morgan fingerprint density at radius 1 is 0.965 bits per heavy atom. The number of halogens is 1. The van der Waals surface area contributed by atoms with Gasteiger partial charge in [-0.3, -0.25) is 29.1 Å². The number of hydrogen-bond donors (Lipinski definition) is 5. The van der Waals surface area contributed by atoms with Crippen molar-refractivity contribution in [2.45, 2.75) is 228 Å². The van der Waals surface area contributed by atoms with E-state index in [2.05, 4.69) is 22.2 Å². The Morgan fingerprint density at radius 2 is 1.66 bits per heavy atom. The van der Waals surface area contributed by atoms with Gasteiger partial charge in [-0.05, 0) is 125 Å². The zero-order valence-corrected chi connectivity index (χ0v) is 54.1. The number of nitrogens with zero attached hydrogens (tertiary/aromatic N) is 6. The minimum Gasteiger partial charge on any atom is -0.458 e. The number of pyridine rings is 1. The van der Waals surface area contributed by atoms with E-state index in [4.69, 9.17) is 40.0 Å². The van der Waals surface area contributed by atoms with Crippen molar-refractivity contribution in [1.29, 1.82) is 0 Å². The number of imidazole rings is 1. The lowest BCUT2D eigenvalue weighted by Crippen LogP contribution is -2.65. The number of aliphatic hydroxyl groups excluding tert-OH is 4. The van der Waals surface area contributed by atoms with Crippen molar-refractivity contribution < 1.29 is 72.8 Å². The molecule has 5 N–H and O–H groups in total. The lowest BCUT2D eigenvalue weighted by atomic mass is 9.73. The highest BCUT2D eigenvalue weighted by Crippen LogP contribution is 2.44. The van der Waals surface area contributed by atoms with Crippen LogP contribution in [0.2, 0.25) is 0 Å². The number of thioether (sulfide) groups is 1. The lowest BCUT2D eigenvalue weighted by molar-refractivity contribution is -0.295. The first-order valence-corrected chi connectivity index (χ1v) is 32.1. The predicted octanol–water partition coefficient (Wildman–Crippen LogP) is 5.32. The quantitative estimate of drug-likeness (QED) is 0.0547. The molecule has 0 aromatic carbocycles. The van der Waals surface area contributed by atoms with E-state index in [1.807, 2.05) is 74.6 Å². The molecule has 2 aromatic rings. The molecule has 0 radical (unpaired) electrons. The SMILES string of the molecule is CCC[C@@H]1C[C@@H](C(=O)N[C@@H]([C@H]2O[C@H](SC)[C@H](O)[C@@H](O)[C@H]2O)[C@H](C)Cl)N(C)C1.CC[C@H]1OC(=O)[C@H](C)C(=O)[C@H](C)[C@@H](O[C@@H]2O[C@H](C)C[C@H](N(C)C)[C@H]2O)[C@](C)(OC)C[C@@H](C)C(=O)[C@H](C)[C@H]2N(CCCCn3cnc(-c4cccnc4)c3)C(=O)O[C@]12C. The third-order valence-electron chi connectivity index (χ3n) is 18.4. The van der Waals surface area contributed by atoms with Crippen molar-refractivity contribution in [3.05, 3.63) is 37.1 Å². The number of ether oxygens (including phenoxy) is 6. The summed E-state index contributed by atoms with van der Waals surface area (Å²) in [6.45, 7) is 19.7. The lowest BCUT2D eigenvalue weighted by Gasteiger charge is -2.47. The summed E-state index contributed by atoms with van der Waals surface area (Å²) in [5.41, 5.74) is -1.64. The molecule has 7 rings (SSSR count). The van der Waals surface area contributed by atoms with E-state index >= 15 is 0 Å². The Balaban J connectivity index is 0.000000357. The molecule has 480 valence electrons. The van der Waals surface area contributed by atoms with Crippen molar-refractivity contribution in [2.24, 2.45) is 29.6 Å². The molecule has 2 aromatic heterocycles. The molecule has 85 heavy (non-hydrogen) atoms. The number of carbonyl (C=O) groups is 5. The molecular weight excluding hydrogens is 1140 g/mol. The third kappa shape index (κ3) is 16.1. The molecule has 5 saturated heterocycles. The number of rotatable bonds is 18. The summed E-state index contributed by atoms with van der Waals surface area (Å²) in [6, 6.07) is 1.81. The fourth-order valence-electron chi connectivity index (χ4n) is 13.5. The Labute approximate surface area is 512 Å². The standard InChI is InChI=1S/C43H65N5O10.C18H33ClN2O5S/c1-12-33-43(8)37(48(41(53)58-43)19-14-13-18-47-23-31(45-24-47)30-16-15-17-44-22-30)27(4)34(49)25(2)21-42(7,54-11)38(28(5)35(50)29(6)39(52)56-33)57-40-36(51)32(46(9)10)20-26(3)55-40;1-5-6-10-7-11(21(3)8-10)17(25)20-12(9(2)19)16-14(23)13(22)15(24)18(26-16)27-4/h15-17,22-29,32-33,36-38,40,51H,12-14,18-21H2,1-11H3;9-16,18,22-24H,5-8H2,1-4H3,(H,20,25)/t25-,26-,27+,28+,29-,32+,33-,36-,37-,38-,40+,42-,43-;9-,10+,11-,12+,13-,14+,15+,16+,18+/m10/s1. The van der Waals surface area contributed by atoms with Crippen LogP contribution in [0, 0.1) is 29.6 Å². The fraction of sp³-hybridized carbons (Fsp3) is 0.787. The number of methoxy groups -OCH3 is 1. The first kappa shape index (κ1) is 70.2. The van der Waals surface area contributed by atoms with Crippen molar-refractivity contribution in [3.63, 3.8) is 0 Å². The summed E-state index contributed by atoms with van der Waals surface area (Å²) in [4.78, 5) is 84.0. The van der Waals surface area contributed by atoms with E-state index in [1.165, 1.54) is 25.8 Å². The number of hydrogen-bond acceptors (Lipinski definition) is 20. The van der Waals surface area contributed by atoms with Gasteiger partial charge in [0.1, 0.15) is 53.8 Å². The Hall–Kier alpha value is -3.85. The average Bonchev–Trinajstić information content (AvgIpc) is 2.69. The number of amides is 2. The summed E-state index contributed by atoms with van der Waals surface area (Å²) in [5.74, 6) is -4.60. The van der Waals surface area contributed by atoms with Crippen LogP contribution in [-0.4, -0.2) is 228 Å².